The second kappa shape index (κ2) is 11.3. The van der Waals surface area contributed by atoms with Gasteiger partial charge in [-0.1, -0.05) is 54.6 Å². The maximum absolute atomic E-state index is 12.9. The van der Waals surface area contributed by atoms with E-state index in [1.165, 1.54) is 0 Å². The maximum atomic E-state index is 12.9. The SMILES string of the molecule is O=C(Nc1ccccc1)c1cccc(NC(=O)c2ccccc2OCCOc2ccccc2)c1. The van der Waals surface area contributed by atoms with E-state index in [9.17, 15) is 9.59 Å². The highest BCUT2D eigenvalue weighted by molar-refractivity contribution is 6.08. The summed E-state index contributed by atoms with van der Waals surface area (Å²) in [4.78, 5) is 25.5. The maximum Gasteiger partial charge on any atom is 0.259 e. The summed E-state index contributed by atoms with van der Waals surface area (Å²) in [6.07, 6.45) is 0. The van der Waals surface area contributed by atoms with E-state index in [4.69, 9.17) is 9.47 Å². The Morgan fingerprint density at radius 2 is 1.21 bits per heavy atom. The van der Waals surface area contributed by atoms with Crippen molar-refractivity contribution in [3.63, 3.8) is 0 Å². The van der Waals surface area contributed by atoms with Crippen LogP contribution in [-0.2, 0) is 0 Å². The summed E-state index contributed by atoms with van der Waals surface area (Å²) in [5.41, 5.74) is 2.03. The normalized spacial score (nSPS) is 10.2. The number of benzene rings is 4. The molecular formula is C28H24N2O4. The Morgan fingerprint density at radius 3 is 2.00 bits per heavy atom. The summed E-state index contributed by atoms with van der Waals surface area (Å²) in [5.74, 6) is 0.618. The first-order valence-electron chi connectivity index (χ1n) is 10.9. The highest BCUT2D eigenvalue weighted by Gasteiger charge is 2.14. The molecule has 2 amide bonds. The molecule has 4 rings (SSSR count). The molecule has 0 saturated carbocycles. The van der Waals surface area contributed by atoms with Crippen molar-refractivity contribution in [2.75, 3.05) is 23.8 Å². The molecule has 0 heterocycles. The standard InChI is InChI=1S/C28H24N2O4/c31-27(29-22-11-3-1-4-12-22)21-10-9-13-23(20-21)30-28(32)25-16-7-8-17-26(25)34-19-18-33-24-14-5-2-6-15-24/h1-17,20H,18-19H2,(H,29,31)(H,30,32). The number of anilines is 2. The van der Waals surface area contributed by atoms with Crippen LogP contribution in [0, 0.1) is 0 Å². The van der Waals surface area contributed by atoms with Crippen molar-refractivity contribution in [3.8, 4) is 11.5 Å². The fraction of sp³-hybridized carbons (Fsp3) is 0.0714. The molecule has 0 spiro atoms. The highest BCUT2D eigenvalue weighted by atomic mass is 16.5. The van der Waals surface area contributed by atoms with Crippen molar-refractivity contribution in [3.05, 3.63) is 120 Å². The van der Waals surface area contributed by atoms with E-state index >= 15 is 0 Å². The molecule has 0 bridgehead atoms. The number of amides is 2. The lowest BCUT2D eigenvalue weighted by Crippen LogP contribution is -2.16. The van der Waals surface area contributed by atoms with Crippen LogP contribution in [-0.4, -0.2) is 25.0 Å². The summed E-state index contributed by atoms with van der Waals surface area (Å²) in [7, 11) is 0. The molecule has 0 aliphatic carbocycles. The fourth-order valence-corrected chi connectivity index (χ4v) is 3.27. The minimum atomic E-state index is -0.333. The zero-order valence-corrected chi connectivity index (χ0v) is 18.4. The minimum absolute atomic E-state index is 0.260. The van der Waals surface area contributed by atoms with Gasteiger partial charge in [0.1, 0.15) is 24.7 Å². The molecule has 0 aliphatic rings. The molecule has 4 aromatic rings. The van der Waals surface area contributed by atoms with E-state index < -0.39 is 0 Å². The van der Waals surface area contributed by atoms with Gasteiger partial charge in [-0.3, -0.25) is 9.59 Å². The third-order valence-corrected chi connectivity index (χ3v) is 4.90. The Balaban J connectivity index is 1.37. The van der Waals surface area contributed by atoms with E-state index in [1.54, 1.807) is 48.5 Å². The predicted octanol–water partition coefficient (Wildman–Crippen LogP) is 5.65. The monoisotopic (exact) mass is 452 g/mol. The highest BCUT2D eigenvalue weighted by Crippen LogP contribution is 2.21. The number of carbonyl (C=O) groups excluding carboxylic acids is 2. The van der Waals surface area contributed by atoms with Crippen LogP contribution < -0.4 is 20.1 Å². The Kier molecular flexibility index (Phi) is 7.54. The van der Waals surface area contributed by atoms with E-state index in [1.807, 2.05) is 60.7 Å². The van der Waals surface area contributed by atoms with Crippen molar-refractivity contribution in [2.24, 2.45) is 0 Å². The Morgan fingerprint density at radius 1 is 0.588 bits per heavy atom. The van der Waals surface area contributed by atoms with Crippen molar-refractivity contribution in [2.45, 2.75) is 0 Å². The van der Waals surface area contributed by atoms with Crippen LogP contribution in [0.25, 0.3) is 0 Å². The third-order valence-electron chi connectivity index (χ3n) is 4.90. The Hall–Kier alpha value is -4.58. The van der Waals surface area contributed by atoms with Crippen LogP contribution in [0.5, 0.6) is 11.5 Å². The molecule has 0 radical (unpaired) electrons. The largest absolute Gasteiger partial charge is 0.490 e. The summed E-state index contributed by atoms with van der Waals surface area (Å²) >= 11 is 0. The van der Waals surface area contributed by atoms with Gasteiger partial charge in [0.05, 0.1) is 5.56 Å². The zero-order chi connectivity index (χ0) is 23.6. The lowest BCUT2D eigenvalue weighted by molar-refractivity contribution is 0.101. The van der Waals surface area contributed by atoms with Crippen molar-refractivity contribution < 1.29 is 19.1 Å². The molecular weight excluding hydrogens is 428 g/mol. The average molecular weight is 453 g/mol. The van der Waals surface area contributed by atoms with Gasteiger partial charge in [-0.15, -0.1) is 0 Å². The van der Waals surface area contributed by atoms with Crippen LogP contribution in [0.1, 0.15) is 20.7 Å². The van der Waals surface area contributed by atoms with Crippen LogP contribution >= 0.6 is 0 Å². The molecule has 2 N–H and O–H groups in total. The summed E-state index contributed by atoms with van der Waals surface area (Å²) in [5, 5.41) is 5.68. The predicted molar refractivity (Wildman–Crippen MR) is 133 cm³/mol. The lowest BCUT2D eigenvalue weighted by atomic mass is 10.1. The fourth-order valence-electron chi connectivity index (χ4n) is 3.27. The summed E-state index contributed by atoms with van der Waals surface area (Å²) in [6.45, 7) is 0.632. The minimum Gasteiger partial charge on any atom is -0.490 e. The van der Waals surface area contributed by atoms with Gasteiger partial charge in [-0.05, 0) is 54.6 Å². The first-order valence-corrected chi connectivity index (χ1v) is 10.9. The van der Waals surface area contributed by atoms with E-state index in [2.05, 4.69) is 10.6 Å². The van der Waals surface area contributed by atoms with Gasteiger partial charge in [0.15, 0.2) is 0 Å². The van der Waals surface area contributed by atoms with Gasteiger partial charge in [0, 0.05) is 16.9 Å². The average Bonchev–Trinajstić information content (AvgIpc) is 2.88. The van der Waals surface area contributed by atoms with Gasteiger partial charge in [0.25, 0.3) is 11.8 Å². The van der Waals surface area contributed by atoms with Crippen LogP contribution in [0.4, 0.5) is 11.4 Å². The number of nitrogens with one attached hydrogen (secondary N) is 2. The van der Waals surface area contributed by atoms with Gasteiger partial charge >= 0.3 is 0 Å². The summed E-state index contributed by atoms with van der Waals surface area (Å²) < 4.78 is 11.4. The lowest BCUT2D eigenvalue weighted by Gasteiger charge is -2.13. The molecule has 0 unspecified atom stereocenters. The van der Waals surface area contributed by atoms with Crippen molar-refractivity contribution in [1.29, 1.82) is 0 Å². The topological polar surface area (TPSA) is 76.7 Å². The van der Waals surface area contributed by atoms with Crippen LogP contribution in [0.3, 0.4) is 0 Å². The second-order valence-corrected chi connectivity index (χ2v) is 7.36. The Bertz CT molecular complexity index is 1240. The Labute approximate surface area is 198 Å². The van der Waals surface area contributed by atoms with Gasteiger partial charge in [0.2, 0.25) is 0 Å². The smallest absolute Gasteiger partial charge is 0.259 e. The molecule has 0 saturated heterocycles. The van der Waals surface area contributed by atoms with Crippen LogP contribution in [0.15, 0.2) is 109 Å². The second-order valence-electron chi connectivity index (χ2n) is 7.36. The third kappa shape index (κ3) is 6.23. The molecule has 0 atom stereocenters. The summed E-state index contributed by atoms with van der Waals surface area (Å²) in [6, 6.07) is 32.4. The molecule has 0 aromatic heterocycles. The van der Waals surface area contributed by atoms with E-state index in [-0.39, 0.29) is 18.4 Å². The molecule has 0 fully saturated rings. The van der Waals surface area contributed by atoms with Gasteiger partial charge in [-0.2, -0.15) is 0 Å². The molecule has 4 aromatic carbocycles. The number of ether oxygens (including phenoxy) is 2. The van der Waals surface area contributed by atoms with Crippen molar-refractivity contribution in [1.82, 2.24) is 0 Å². The number of para-hydroxylation sites is 3. The zero-order valence-electron chi connectivity index (χ0n) is 18.4. The van der Waals surface area contributed by atoms with Crippen molar-refractivity contribution >= 4 is 23.2 Å². The first-order chi connectivity index (χ1) is 16.7. The molecule has 0 aliphatic heterocycles. The molecule has 170 valence electrons. The number of carbonyl (C=O) groups is 2. The van der Waals surface area contributed by atoms with Gasteiger partial charge in [-0.25, -0.2) is 0 Å². The molecule has 6 nitrogen and oxygen atoms in total. The van der Waals surface area contributed by atoms with E-state index in [0.29, 0.717) is 34.9 Å². The number of hydrogen-bond acceptors (Lipinski definition) is 4. The van der Waals surface area contributed by atoms with Crippen LogP contribution in [0.2, 0.25) is 0 Å². The van der Waals surface area contributed by atoms with E-state index in [0.717, 1.165) is 5.75 Å². The van der Waals surface area contributed by atoms with Gasteiger partial charge < -0.3 is 20.1 Å². The molecule has 6 heteroatoms. The molecule has 34 heavy (non-hydrogen) atoms. The number of rotatable bonds is 9. The first kappa shape index (κ1) is 22.6. The number of hydrogen-bond donors (Lipinski definition) is 2. The quantitative estimate of drug-likeness (QED) is 0.322.